The van der Waals surface area contributed by atoms with Gasteiger partial charge in [-0.25, -0.2) is 4.79 Å². The first kappa shape index (κ1) is 13.3. The molecule has 0 aromatic carbocycles. The third kappa shape index (κ3) is 1.93. The number of carbonyl (C=O) groups excluding carboxylic acids is 1. The van der Waals surface area contributed by atoms with Gasteiger partial charge in [0.2, 0.25) is 5.43 Å². The number of hydrogen-bond donors (Lipinski definition) is 1. The van der Waals surface area contributed by atoms with Crippen LogP contribution in [-0.4, -0.2) is 28.5 Å². The Hall–Kier alpha value is -2.11. The highest BCUT2D eigenvalue weighted by atomic mass is 16.5. The number of aromatic carboxylic acids is 1. The summed E-state index contributed by atoms with van der Waals surface area (Å²) in [5, 5.41) is 9.00. The predicted octanol–water partition coefficient (Wildman–Crippen LogP) is 1.17. The van der Waals surface area contributed by atoms with Crippen LogP contribution in [0.2, 0.25) is 0 Å². The maximum Gasteiger partial charge on any atom is 0.341 e. The molecule has 0 aliphatic carbocycles. The van der Waals surface area contributed by atoms with Crippen LogP contribution in [0.25, 0.3) is 0 Å². The predicted molar refractivity (Wildman–Crippen MR) is 66.9 cm³/mol. The minimum absolute atomic E-state index is 0.161. The number of carboxylic acid groups (broad SMARTS) is 1. The number of ketones is 1. The van der Waals surface area contributed by atoms with Gasteiger partial charge in [-0.3, -0.25) is 9.59 Å². The molecule has 19 heavy (non-hydrogen) atoms. The number of nitrogens with zero attached hydrogens (tertiary/aromatic N) is 1. The molecule has 1 aromatic heterocycles. The zero-order valence-electron chi connectivity index (χ0n) is 11.0. The van der Waals surface area contributed by atoms with Crippen molar-refractivity contribution in [2.75, 3.05) is 7.11 Å². The number of rotatable bonds is 2. The number of hydrogen-bond acceptors (Lipinski definition) is 4. The smallest absolute Gasteiger partial charge is 0.341 e. The summed E-state index contributed by atoms with van der Waals surface area (Å²) in [7, 11) is 1.26. The molecule has 0 saturated carbocycles. The van der Waals surface area contributed by atoms with Crippen molar-refractivity contribution in [3.63, 3.8) is 0 Å². The van der Waals surface area contributed by atoms with Gasteiger partial charge in [-0.2, -0.15) is 0 Å². The number of carbonyl (C=O) groups is 2. The molecule has 0 radical (unpaired) electrons. The van der Waals surface area contributed by atoms with E-state index in [-0.39, 0.29) is 22.8 Å². The monoisotopic (exact) mass is 265 g/mol. The van der Waals surface area contributed by atoms with Crippen LogP contribution < -0.4 is 10.2 Å². The van der Waals surface area contributed by atoms with Gasteiger partial charge in [0.1, 0.15) is 11.3 Å². The van der Waals surface area contributed by atoms with E-state index in [4.69, 9.17) is 9.84 Å². The first-order valence-electron chi connectivity index (χ1n) is 5.89. The van der Waals surface area contributed by atoms with Crippen molar-refractivity contribution in [3.05, 3.63) is 27.7 Å². The van der Waals surface area contributed by atoms with Crippen LogP contribution in [-0.2, 0) is 6.54 Å². The third-order valence-corrected chi connectivity index (χ3v) is 3.48. The Morgan fingerprint density at radius 1 is 1.42 bits per heavy atom. The molecular weight excluding hydrogens is 250 g/mol. The van der Waals surface area contributed by atoms with Gasteiger partial charge in [-0.05, 0) is 6.42 Å². The molecule has 0 amide bonds. The minimum Gasteiger partial charge on any atom is -0.491 e. The van der Waals surface area contributed by atoms with E-state index in [1.807, 2.05) is 0 Å². The van der Waals surface area contributed by atoms with Gasteiger partial charge in [-0.15, -0.1) is 0 Å². The standard InChI is InChI=1S/C13H15NO5/c1-13(2)4-5-14-6-7(12(17)18)9(15)10(19-3)8(14)11(13)16/h6H,4-5H2,1-3H3,(H,17,18). The number of carboxylic acids is 1. The molecule has 6 nitrogen and oxygen atoms in total. The maximum atomic E-state index is 12.4. The van der Waals surface area contributed by atoms with Crippen LogP contribution in [0.4, 0.5) is 0 Å². The molecule has 2 heterocycles. The summed E-state index contributed by atoms with van der Waals surface area (Å²) in [6.45, 7) is 4.08. The van der Waals surface area contributed by atoms with Crippen LogP contribution in [0.15, 0.2) is 11.0 Å². The zero-order chi connectivity index (χ0) is 14.4. The van der Waals surface area contributed by atoms with E-state index in [2.05, 4.69) is 0 Å². The minimum atomic E-state index is -1.32. The van der Waals surface area contributed by atoms with Crippen molar-refractivity contribution >= 4 is 11.8 Å². The van der Waals surface area contributed by atoms with Crippen LogP contribution in [0.5, 0.6) is 5.75 Å². The van der Waals surface area contributed by atoms with Crippen LogP contribution in [0.1, 0.15) is 41.1 Å². The largest absolute Gasteiger partial charge is 0.491 e. The lowest BCUT2D eigenvalue weighted by atomic mass is 9.80. The van der Waals surface area contributed by atoms with Gasteiger partial charge in [0.15, 0.2) is 11.5 Å². The molecule has 1 aliphatic heterocycles. The molecule has 0 saturated heterocycles. The summed E-state index contributed by atoms with van der Waals surface area (Å²) >= 11 is 0. The number of Topliss-reactive ketones (excluding diaryl/α,β-unsaturated/α-hetero) is 1. The zero-order valence-corrected chi connectivity index (χ0v) is 11.0. The normalized spacial score (nSPS) is 16.9. The first-order chi connectivity index (χ1) is 8.79. The molecular formula is C13H15NO5. The molecule has 1 aliphatic rings. The van der Waals surface area contributed by atoms with E-state index >= 15 is 0 Å². The average molecular weight is 265 g/mol. The van der Waals surface area contributed by atoms with Crippen molar-refractivity contribution in [3.8, 4) is 5.75 Å². The molecule has 0 spiro atoms. The second-order valence-corrected chi connectivity index (χ2v) is 5.22. The molecule has 0 bridgehead atoms. The summed E-state index contributed by atoms with van der Waals surface area (Å²) in [5.74, 6) is -1.71. The summed E-state index contributed by atoms with van der Waals surface area (Å²) in [6, 6.07) is 0. The van der Waals surface area contributed by atoms with Gasteiger partial charge in [0.25, 0.3) is 0 Å². The number of fused-ring (bicyclic) bond motifs is 1. The molecule has 2 rings (SSSR count). The van der Waals surface area contributed by atoms with Crippen molar-refractivity contribution in [2.45, 2.75) is 26.8 Å². The Bertz CT molecular complexity index is 627. The number of methoxy groups -OCH3 is 1. The van der Waals surface area contributed by atoms with Crippen molar-refractivity contribution in [1.29, 1.82) is 0 Å². The van der Waals surface area contributed by atoms with Gasteiger partial charge < -0.3 is 14.4 Å². The molecule has 0 fully saturated rings. The van der Waals surface area contributed by atoms with E-state index in [1.54, 1.807) is 13.8 Å². The van der Waals surface area contributed by atoms with Gasteiger partial charge in [0.05, 0.1) is 7.11 Å². The van der Waals surface area contributed by atoms with Crippen LogP contribution in [0, 0.1) is 5.41 Å². The molecule has 6 heteroatoms. The summed E-state index contributed by atoms with van der Waals surface area (Å²) in [6.07, 6.45) is 1.81. The van der Waals surface area contributed by atoms with Gasteiger partial charge in [0, 0.05) is 18.2 Å². The lowest BCUT2D eigenvalue weighted by molar-refractivity contribution is 0.0687. The van der Waals surface area contributed by atoms with E-state index in [0.717, 1.165) is 0 Å². The lowest BCUT2D eigenvalue weighted by Crippen LogP contribution is -2.37. The quantitative estimate of drug-likeness (QED) is 0.867. The van der Waals surface area contributed by atoms with Crippen molar-refractivity contribution in [1.82, 2.24) is 4.57 Å². The fraction of sp³-hybridized carbons (Fsp3) is 0.462. The fourth-order valence-corrected chi connectivity index (χ4v) is 2.22. The first-order valence-corrected chi connectivity index (χ1v) is 5.89. The summed E-state index contributed by atoms with van der Waals surface area (Å²) in [5.41, 5.74) is -1.56. The summed E-state index contributed by atoms with van der Waals surface area (Å²) in [4.78, 5) is 35.4. The molecule has 0 unspecified atom stereocenters. The second kappa shape index (κ2) is 4.22. The van der Waals surface area contributed by atoms with E-state index in [0.29, 0.717) is 13.0 Å². The van der Waals surface area contributed by atoms with Crippen LogP contribution in [0.3, 0.4) is 0 Å². The average Bonchev–Trinajstić information content (AvgIpc) is 2.33. The molecule has 102 valence electrons. The lowest BCUT2D eigenvalue weighted by Gasteiger charge is -2.31. The number of aryl methyl sites for hydroxylation is 1. The number of pyridine rings is 1. The Morgan fingerprint density at radius 3 is 2.58 bits per heavy atom. The van der Waals surface area contributed by atoms with Gasteiger partial charge in [-0.1, -0.05) is 13.8 Å². The second-order valence-electron chi connectivity index (χ2n) is 5.22. The van der Waals surface area contributed by atoms with E-state index in [1.165, 1.54) is 17.9 Å². The third-order valence-electron chi connectivity index (χ3n) is 3.48. The van der Waals surface area contributed by atoms with Crippen molar-refractivity contribution in [2.24, 2.45) is 5.41 Å². The summed E-state index contributed by atoms with van der Waals surface area (Å²) < 4.78 is 6.48. The Morgan fingerprint density at radius 2 is 2.05 bits per heavy atom. The molecule has 1 N–H and O–H groups in total. The number of ether oxygens (including phenoxy) is 1. The Kier molecular flexibility index (Phi) is 2.96. The van der Waals surface area contributed by atoms with Gasteiger partial charge >= 0.3 is 5.97 Å². The highest BCUT2D eigenvalue weighted by molar-refractivity contribution is 6.02. The van der Waals surface area contributed by atoms with E-state index < -0.39 is 16.8 Å². The molecule has 0 atom stereocenters. The Balaban J connectivity index is 2.79. The number of aromatic nitrogens is 1. The van der Waals surface area contributed by atoms with Crippen molar-refractivity contribution < 1.29 is 19.4 Å². The topological polar surface area (TPSA) is 85.6 Å². The van der Waals surface area contributed by atoms with E-state index in [9.17, 15) is 14.4 Å². The highest BCUT2D eigenvalue weighted by Gasteiger charge is 2.38. The maximum absolute atomic E-state index is 12.4. The highest BCUT2D eigenvalue weighted by Crippen LogP contribution is 2.34. The van der Waals surface area contributed by atoms with Crippen LogP contribution >= 0.6 is 0 Å². The molecule has 1 aromatic rings. The Labute approximate surface area is 109 Å². The fourth-order valence-electron chi connectivity index (χ4n) is 2.22. The SMILES string of the molecule is COc1c2n(cc(C(=O)O)c1=O)CCC(C)(C)C2=O.